The molecule has 1 N–H and O–H groups in total. The molecule has 0 aliphatic rings. The van der Waals surface area contributed by atoms with Gasteiger partial charge in [0.15, 0.2) is 11.5 Å². The van der Waals surface area contributed by atoms with Gasteiger partial charge in [-0.25, -0.2) is 15.0 Å². The van der Waals surface area contributed by atoms with Crippen LogP contribution in [0.15, 0.2) is 30.7 Å². The molecule has 0 radical (unpaired) electrons. The standard InChI is InChI=1S/C13H12N4O/c1-8-5-9(18)3-4-10(8)12-14-6-11-13(16-12)15-7-17(11)2/h3-7,18H,1-2H3. The van der Waals surface area contributed by atoms with Gasteiger partial charge >= 0.3 is 0 Å². The molecule has 0 saturated heterocycles. The van der Waals surface area contributed by atoms with E-state index in [1.807, 2.05) is 24.6 Å². The number of nitrogens with zero attached hydrogens (tertiary/aromatic N) is 4. The van der Waals surface area contributed by atoms with Crippen LogP contribution in [-0.4, -0.2) is 24.6 Å². The number of benzene rings is 1. The molecule has 2 aromatic heterocycles. The second-order valence-electron chi connectivity index (χ2n) is 4.26. The van der Waals surface area contributed by atoms with Gasteiger partial charge in [-0.3, -0.25) is 0 Å². The number of fused-ring (bicyclic) bond motifs is 1. The number of hydrogen-bond acceptors (Lipinski definition) is 4. The van der Waals surface area contributed by atoms with E-state index in [9.17, 15) is 5.11 Å². The van der Waals surface area contributed by atoms with E-state index < -0.39 is 0 Å². The van der Waals surface area contributed by atoms with E-state index in [2.05, 4.69) is 15.0 Å². The predicted molar refractivity (Wildman–Crippen MR) is 68.1 cm³/mol. The number of aryl methyl sites for hydroxylation is 2. The Hall–Kier alpha value is -2.43. The van der Waals surface area contributed by atoms with Crippen LogP contribution < -0.4 is 0 Å². The number of hydrogen-bond donors (Lipinski definition) is 1. The predicted octanol–water partition coefficient (Wildman–Crippen LogP) is 2.04. The van der Waals surface area contributed by atoms with Crippen LogP contribution in [0.1, 0.15) is 5.56 Å². The fraction of sp³-hybridized carbons (Fsp3) is 0.154. The zero-order chi connectivity index (χ0) is 12.7. The average Bonchev–Trinajstić information content (AvgIpc) is 2.71. The summed E-state index contributed by atoms with van der Waals surface area (Å²) in [5.41, 5.74) is 3.41. The fourth-order valence-corrected chi connectivity index (χ4v) is 1.94. The van der Waals surface area contributed by atoms with Gasteiger partial charge in [-0.15, -0.1) is 0 Å². The largest absolute Gasteiger partial charge is 0.508 e. The molecule has 5 heteroatoms. The maximum atomic E-state index is 9.40. The molecule has 0 aliphatic heterocycles. The number of phenols is 1. The van der Waals surface area contributed by atoms with Crippen molar-refractivity contribution in [3.05, 3.63) is 36.3 Å². The number of aromatic hydroxyl groups is 1. The Bertz CT molecular complexity index is 733. The quantitative estimate of drug-likeness (QED) is 0.707. The summed E-state index contributed by atoms with van der Waals surface area (Å²) in [5.74, 6) is 0.869. The number of aromatic nitrogens is 4. The van der Waals surface area contributed by atoms with E-state index in [1.165, 1.54) is 0 Å². The van der Waals surface area contributed by atoms with E-state index in [0.29, 0.717) is 11.5 Å². The number of phenolic OH excluding ortho intramolecular Hbond substituents is 1. The molecule has 3 rings (SSSR count). The number of rotatable bonds is 1. The molecule has 0 spiro atoms. The summed E-state index contributed by atoms with van der Waals surface area (Å²) in [5, 5.41) is 9.40. The molecule has 90 valence electrons. The summed E-state index contributed by atoms with van der Waals surface area (Å²) in [6.07, 6.45) is 3.48. The molecule has 0 bridgehead atoms. The molecule has 5 nitrogen and oxygen atoms in total. The lowest BCUT2D eigenvalue weighted by molar-refractivity contribution is 0.475. The van der Waals surface area contributed by atoms with E-state index in [1.54, 1.807) is 24.7 Å². The minimum Gasteiger partial charge on any atom is -0.508 e. The molecule has 0 unspecified atom stereocenters. The van der Waals surface area contributed by atoms with Crippen LogP contribution in [0.3, 0.4) is 0 Å². The van der Waals surface area contributed by atoms with Crippen LogP contribution in [0.25, 0.3) is 22.6 Å². The van der Waals surface area contributed by atoms with Gasteiger partial charge in [0, 0.05) is 12.6 Å². The van der Waals surface area contributed by atoms with Crippen molar-refractivity contribution in [3.8, 4) is 17.1 Å². The third-order valence-electron chi connectivity index (χ3n) is 2.93. The molecule has 0 fully saturated rings. The maximum absolute atomic E-state index is 9.40. The molecule has 3 aromatic rings. The Balaban J connectivity index is 2.19. The fourth-order valence-electron chi connectivity index (χ4n) is 1.94. The van der Waals surface area contributed by atoms with Crippen LogP contribution in [-0.2, 0) is 7.05 Å². The minimum absolute atomic E-state index is 0.246. The lowest BCUT2D eigenvalue weighted by Gasteiger charge is -2.04. The van der Waals surface area contributed by atoms with Gasteiger partial charge in [-0.1, -0.05) is 0 Å². The Kier molecular flexibility index (Phi) is 2.26. The maximum Gasteiger partial charge on any atom is 0.181 e. The van der Waals surface area contributed by atoms with Crippen LogP contribution in [0.4, 0.5) is 0 Å². The molecule has 0 saturated carbocycles. The lowest BCUT2D eigenvalue weighted by atomic mass is 10.1. The normalized spacial score (nSPS) is 11.0. The van der Waals surface area contributed by atoms with Crippen molar-refractivity contribution in [1.82, 2.24) is 19.5 Å². The summed E-state index contributed by atoms with van der Waals surface area (Å²) >= 11 is 0. The Morgan fingerprint density at radius 3 is 2.83 bits per heavy atom. The summed E-state index contributed by atoms with van der Waals surface area (Å²) in [6.45, 7) is 1.92. The van der Waals surface area contributed by atoms with E-state index in [-0.39, 0.29) is 5.75 Å². The van der Waals surface area contributed by atoms with Gasteiger partial charge in [-0.2, -0.15) is 0 Å². The first-order valence-corrected chi connectivity index (χ1v) is 5.59. The molecule has 0 atom stereocenters. The first-order chi connectivity index (χ1) is 8.65. The van der Waals surface area contributed by atoms with Crippen molar-refractivity contribution in [3.63, 3.8) is 0 Å². The minimum atomic E-state index is 0.246. The van der Waals surface area contributed by atoms with Crippen molar-refractivity contribution in [2.24, 2.45) is 7.05 Å². The van der Waals surface area contributed by atoms with Crippen LogP contribution >= 0.6 is 0 Å². The van der Waals surface area contributed by atoms with Crippen LogP contribution in [0.5, 0.6) is 5.75 Å². The van der Waals surface area contributed by atoms with E-state index in [4.69, 9.17) is 0 Å². The summed E-state index contributed by atoms with van der Waals surface area (Å²) in [6, 6.07) is 5.14. The zero-order valence-corrected chi connectivity index (χ0v) is 10.1. The Labute approximate surface area is 104 Å². The Morgan fingerprint density at radius 2 is 2.06 bits per heavy atom. The van der Waals surface area contributed by atoms with Gasteiger partial charge < -0.3 is 9.67 Å². The van der Waals surface area contributed by atoms with Crippen molar-refractivity contribution in [2.45, 2.75) is 6.92 Å². The molecule has 0 amide bonds. The molecular weight excluding hydrogens is 228 g/mol. The first kappa shape index (κ1) is 10.7. The molecule has 0 aliphatic carbocycles. The van der Waals surface area contributed by atoms with Crippen molar-refractivity contribution in [2.75, 3.05) is 0 Å². The molecule has 1 aromatic carbocycles. The topological polar surface area (TPSA) is 63.8 Å². The third-order valence-corrected chi connectivity index (χ3v) is 2.93. The van der Waals surface area contributed by atoms with Crippen LogP contribution in [0, 0.1) is 6.92 Å². The van der Waals surface area contributed by atoms with Gasteiger partial charge in [0.05, 0.1) is 12.5 Å². The smallest absolute Gasteiger partial charge is 0.181 e. The van der Waals surface area contributed by atoms with E-state index in [0.717, 1.165) is 16.6 Å². The highest BCUT2D eigenvalue weighted by molar-refractivity contribution is 5.73. The van der Waals surface area contributed by atoms with Crippen molar-refractivity contribution >= 4 is 11.2 Å². The molecular formula is C13H12N4O. The summed E-state index contributed by atoms with van der Waals surface area (Å²) < 4.78 is 1.88. The van der Waals surface area contributed by atoms with E-state index >= 15 is 0 Å². The van der Waals surface area contributed by atoms with Gasteiger partial charge in [-0.05, 0) is 30.7 Å². The van der Waals surface area contributed by atoms with Gasteiger partial charge in [0.2, 0.25) is 0 Å². The SMILES string of the molecule is Cc1cc(O)ccc1-c1ncc2c(ncn2C)n1. The molecule has 18 heavy (non-hydrogen) atoms. The van der Waals surface area contributed by atoms with Crippen LogP contribution in [0.2, 0.25) is 0 Å². The van der Waals surface area contributed by atoms with Gasteiger partial charge in [0.25, 0.3) is 0 Å². The average molecular weight is 240 g/mol. The first-order valence-electron chi connectivity index (χ1n) is 5.59. The summed E-state index contributed by atoms with van der Waals surface area (Å²) in [7, 11) is 1.91. The second kappa shape index (κ2) is 3.80. The lowest BCUT2D eigenvalue weighted by Crippen LogP contribution is -1.93. The van der Waals surface area contributed by atoms with Crippen molar-refractivity contribution in [1.29, 1.82) is 0 Å². The monoisotopic (exact) mass is 240 g/mol. The Morgan fingerprint density at radius 1 is 1.22 bits per heavy atom. The highest BCUT2D eigenvalue weighted by Gasteiger charge is 2.08. The zero-order valence-electron chi connectivity index (χ0n) is 10.1. The van der Waals surface area contributed by atoms with Gasteiger partial charge in [0.1, 0.15) is 11.3 Å². The highest BCUT2D eigenvalue weighted by atomic mass is 16.3. The van der Waals surface area contributed by atoms with Crippen molar-refractivity contribution < 1.29 is 5.11 Å². The third kappa shape index (κ3) is 1.60. The number of imidazole rings is 1. The molecule has 2 heterocycles. The highest BCUT2D eigenvalue weighted by Crippen LogP contribution is 2.24. The summed E-state index contributed by atoms with van der Waals surface area (Å²) in [4.78, 5) is 13.0. The second-order valence-corrected chi connectivity index (χ2v) is 4.26.